The van der Waals surface area contributed by atoms with Gasteiger partial charge in [0.15, 0.2) is 5.78 Å². The lowest BCUT2D eigenvalue weighted by Crippen LogP contribution is -2.44. The Balaban J connectivity index is 3.53. The van der Waals surface area contributed by atoms with E-state index in [-0.39, 0.29) is 5.78 Å². The van der Waals surface area contributed by atoms with E-state index in [1.165, 1.54) is 70.6 Å². The number of allylic oxidation sites excluding steroid dienone is 2. The van der Waals surface area contributed by atoms with Gasteiger partial charge in [0.1, 0.15) is 0 Å². The standard InChI is InChI=1S/C25H52NO3P/c1-6-8-9-10-11-12-13-14-15-16-17-18-19-20-21-22-23-24-29-30(27,28)25(7-2)26(3,4)5/h18-19,25H,6-17,20-24H2,1-5H3/p+1/b19-18-. The van der Waals surface area contributed by atoms with Gasteiger partial charge in [-0.3, -0.25) is 4.57 Å². The Morgan fingerprint density at radius 2 is 1.20 bits per heavy atom. The molecule has 0 amide bonds. The van der Waals surface area contributed by atoms with Gasteiger partial charge >= 0.3 is 7.60 Å². The maximum Gasteiger partial charge on any atom is 0.385 e. The van der Waals surface area contributed by atoms with Crippen LogP contribution in [0.3, 0.4) is 0 Å². The van der Waals surface area contributed by atoms with Crippen LogP contribution in [0.4, 0.5) is 0 Å². The molecule has 0 rings (SSSR count). The topological polar surface area (TPSA) is 46.5 Å². The number of rotatable bonds is 21. The molecule has 5 heteroatoms. The molecule has 0 saturated carbocycles. The van der Waals surface area contributed by atoms with Crippen molar-refractivity contribution in [3.8, 4) is 0 Å². The number of quaternary nitrogens is 1. The zero-order valence-corrected chi connectivity index (χ0v) is 21.8. The van der Waals surface area contributed by atoms with Crippen LogP contribution >= 0.6 is 7.60 Å². The van der Waals surface area contributed by atoms with Crippen LogP contribution in [0.25, 0.3) is 0 Å². The van der Waals surface area contributed by atoms with Crippen molar-refractivity contribution in [1.29, 1.82) is 0 Å². The van der Waals surface area contributed by atoms with E-state index in [0.29, 0.717) is 17.5 Å². The van der Waals surface area contributed by atoms with Gasteiger partial charge in [-0.15, -0.1) is 0 Å². The molecule has 2 unspecified atom stereocenters. The lowest BCUT2D eigenvalue weighted by Gasteiger charge is -2.35. The van der Waals surface area contributed by atoms with Gasteiger partial charge < -0.3 is 13.9 Å². The van der Waals surface area contributed by atoms with Crippen molar-refractivity contribution in [3.63, 3.8) is 0 Å². The van der Waals surface area contributed by atoms with E-state index < -0.39 is 7.60 Å². The second kappa shape index (κ2) is 18.4. The Hall–Kier alpha value is -0.150. The summed E-state index contributed by atoms with van der Waals surface area (Å²) in [6.07, 6.45) is 24.5. The van der Waals surface area contributed by atoms with E-state index in [1.807, 2.05) is 28.1 Å². The minimum atomic E-state index is -3.56. The monoisotopic (exact) mass is 446 g/mol. The lowest BCUT2D eigenvalue weighted by molar-refractivity contribution is -0.883. The maximum absolute atomic E-state index is 12.5. The van der Waals surface area contributed by atoms with Crippen LogP contribution in [-0.2, 0) is 9.09 Å². The smallest absolute Gasteiger partial charge is 0.320 e. The normalized spacial score (nSPS) is 15.5. The van der Waals surface area contributed by atoms with Gasteiger partial charge in [0.25, 0.3) is 0 Å². The zero-order chi connectivity index (χ0) is 22.7. The molecule has 0 heterocycles. The first-order chi connectivity index (χ1) is 14.3. The first kappa shape index (κ1) is 29.9. The van der Waals surface area contributed by atoms with E-state index >= 15 is 0 Å². The molecular weight excluding hydrogens is 393 g/mol. The summed E-state index contributed by atoms with van der Waals surface area (Å²) in [6.45, 7) is 4.60. The highest BCUT2D eigenvalue weighted by atomic mass is 31.2. The molecule has 4 nitrogen and oxygen atoms in total. The molecule has 0 aromatic heterocycles. The maximum atomic E-state index is 12.5. The van der Waals surface area contributed by atoms with Crippen LogP contribution in [0.2, 0.25) is 0 Å². The fourth-order valence-corrected chi connectivity index (χ4v) is 5.92. The highest BCUT2D eigenvalue weighted by Gasteiger charge is 2.41. The highest BCUT2D eigenvalue weighted by molar-refractivity contribution is 7.53. The Morgan fingerprint density at radius 3 is 1.63 bits per heavy atom. The first-order valence-corrected chi connectivity index (χ1v) is 14.3. The van der Waals surface area contributed by atoms with Gasteiger partial charge in [-0.2, -0.15) is 0 Å². The predicted molar refractivity (Wildman–Crippen MR) is 132 cm³/mol. The average Bonchev–Trinajstić information content (AvgIpc) is 2.66. The summed E-state index contributed by atoms with van der Waals surface area (Å²) in [7, 11) is 2.28. The van der Waals surface area contributed by atoms with E-state index in [0.717, 1.165) is 25.7 Å². The molecule has 0 aromatic rings. The molecule has 180 valence electrons. The number of unbranched alkanes of at least 4 members (excludes halogenated alkanes) is 13. The molecule has 0 radical (unpaired) electrons. The summed E-state index contributed by atoms with van der Waals surface area (Å²) in [5, 5.41) is 0. The first-order valence-electron chi connectivity index (χ1n) is 12.7. The summed E-state index contributed by atoms with van der Waals surface area (Å²) in [5.41, 5.74) is 0. The summed E-state index contributed by atoms with van der Waals surface area (Å²) >= 11 is 0. The quantitative estimate of drug-likeness (QED) is 0.0839. The van der Waals surface area contributed by atoms with Crippen molar-refractivity contribution in [2.75, 3.05) is 27.7 Å². The Bertz CT molecular complexity index is 460. The van der Waals surface area contributed by atoms with Gasteiger partial charge in [0.2, 0.25) is 0 Å². The predicted octanol–water partition coefficient (Wildman–Crippen LogP) is 8.06. The SMILES string of the molecule is CCCCCCCCCCCC/C=C\CCCCCOP(=O)(O)C(CC)[N+](C)(C)C. The molecule has 0 aliphatic rings. The molecule has 30 heavy (non-hydrogen) atoms. The molecule has 0 aromatic carbocycles. The third-order valence-corrected chi connectivity index (χ3v) is 8.18. The summed E-state index contributed by atoms with van der Waals surface area (Å²) in [4.78, 5) is 10.3. The van der Waals surface area contributed by atoms with Crippen LogP contribution < -0.4 is 0 Å². The molecule has 0 aliphatic carbocycles. The number of hydrogen-bond donors (Lipinski definition) is 1. The number of nitrogens with zero attached hydrogens (tertiary/aromatic N) is 1. The van der Waals surface area contributed by atoms with Crippen LogP contribution in [0.5, 0.6) is 0 Å². The van der Waals surface area contributed by atoms with Crippen molar-refractivity contribution in [2.45, 2.75) is 122 Å². The highest BCUT2D eigenvalue weighted by Crippen LogP contribution is 2.51. The lowest BCUT2D eigenvalue weighted by atomic mass is 10.1. The third-order valence-electron chi connectivity index (χ3n) is 5.82. The molecule has 1 N–H and O–H groups in total. The van der Waals surface area contributed by atoms with Crippen LogP contribution in [0.15, 0.2) is 12.2 Å². The van der Waals surface area contributed by atoms with Crippen LogP contribution in [0.1, 0.15) is 117 Å². The van der Waals surface area contributed by atoms with E-state index in [9.17, 15) is 9.46 Å². The van der Waals surface area contributed by atoms with Crippen molar-refractivity contribution in [2.24, 2.45) is 0 Å². The van der Waals surface area contributed by atoms with E-state index in [2.05, 4.69) is 19.1 Å². The van der Waals surface area contributed by atoms with Crippen LogP contribution in [0, 0.1) is 0 Å². The van der Waals surface area contributed by atoms with Gasteiger partial charge in [-0.25, -0.2) is 0 Å². The largest absolute Gasteiger partial charge is 0.385 e. The van der Waals surface area contributed by atoms with E-state index in [4.69, 9.17) is 4.52 Å². The summed E-state index contributed by atoms with van der Waals surface area (Å²) < 4.78 is 18.3. The summed E-state index contributed by atoms with van der Waals surface area (Å²) in [5.74, 6) is -0.355. The molecule has 0 bridgehead atoms. The zero-order valence-electron chi connectivity index (χ0n) is 20.9. The molecular formula is C25H53NO3P+. The number of hydrogen-bond acceptors (Lipinski definition) is 2. The van der Waals surface area contributed by atoms with Gasteiger partial charge in [-0.1, -0.05) is 90.2 Å². The second-order valence-corrected chi connectivity index (χ2v) is 11.7. The average molecular weight is 447 g/mol. The van der Waals surface area contributed by atoms with Crippen molar-refractivity contribution >= 4 is 7.60 Å². The Kier molecular flexibility index (Phi) is 18.3. The van der Waals surface area contributed by atoms with Gasteiger partial charge in [0.05, 0.1) is 27.7 Å². The van der Waals surface area contributed by atoms with E-state index in [1.54, 1.807) is 0 Å². The third kappa shape index (κ3) is 16.5. The minimum absolute atomic E-state index is 0.355. The molecule has 2 atom stereocenters. The Morgan fingerprint density at radius 1 is 0.767 bits per heavy atom. The Labute approximate surface area is 188 Å². The second-order valence-electron chi connectivity index (χ2n) is 9.69. The van der Waals surface area contributed by atoms with Gasteiger partial charge in [0, 0.05) is 6.42 Å². The van der Waals surface area contributed by atoms with Crippen molar-refractivity contribution < 1.29 is 18.5 Å². The van der Waals surface area contributed by atoms with Gasteiger partial charge in [-0.05, 0) is 32.1 Å². The fraction of sp³-hybridized carbons (Fsp3) is 0.920. The summed E-state index contributed by atoms with van der Waals surface area (Å²) in [6, 6.07) is 0. The minimum Gasteiger partial charge on any atom is -0.320 e. The molecule has 0 spiro atoms. The molecule has 0 aliphatic heterocycles. The van der Waals surface area contributed by atoms with Crippen LogP contribution in [-0.4, -0.2) is 42.9 Å². The molecule has 0 saturated heterocycles. The van der Waals surface area contributed by atoms with Crippen molar-refractivity contribution in [1.82, 2.24) is 0 Å². The fourth-order valence-electron chi connectivity index (χ4n) is 4.02. The molecule has 0 fully saturated rings. The van der Waals surface area contributed by atoms with Crippen molar-refractivity contribution in [3.05, 3.63) is 12.2 Å².